The second kappa shape index (κ2) is 7.61. The Labute approximate surface area is 123 Å². The van der Waals surface area contributed by atoms with Gasteiger partial charge in [-0.3, -0.25) is 9.59 Å². The summed E-state index contributed by atoms with van der Waals surface area (Å²) in [7, 11) is 0. The Morgan fingerprint density at radius 1 is 1.38 bits per heavy atom. The van der Waals surface area contributed by atoms with Crippen LogP contribution in [0.25, 0.3) is 0 Å². The van der Waals surface area contributed by atoms with Crippen molar-refractivity contribution < 1.29 is 23.8 Å². The normalized spacial score (nSPS) is 13.3. The lowest BCUT2D eigenvalue weighted by atomic mass is 9.88. The van der Waals surface area contributed by atoms with Gasteiger partial charge in [0.15, 0.2) is 11.6 Å². The van der Waals surface area contributed by atoms with E-state index in [9.17, 15) is 14.0 Å². The first-order chi connectivity index (χ1) is 9.89. The summed E-state index contributed by atoms with van der Waals surface area (Å²) in [4.78, 5) is 22.7. The fourth-order valence-electron chi connectivity index (χ4n) is 1.55. The molecular formula is C15H20FNO4. The zero-order chi connectivity index (χ0) is 15.9. The highest BCUT2D eigenvalue weighted by Crippen LogP contribution is 2.20. The van der Waals surface area contributed by atoms with Gasteiger partial charge >= 0.3 is 5.97 Å². The number of carbonyl (C=O) groups is 2. The van der Waals surface area contributed by atoms with Crippen molar-refractivity contribution in [3.05, 3.63) is 30.1 Å². The molecule has 0 saturated carbocycles. The maximum Gasteiger partial charge on any atom is 0.311 e. The van der Waals surface area contributed by atoms with Crippen molar-refractivity contribution in [2.24, 2.45) is 5.41 Å². The SMILES string of the molecule is CCC(C)(CNC(=O)CCOc1ccccc1F)C(=O)O. The van der Waals surface area contributed by atoms with Gasteiger partial charge in [0.05, 0.1) is 18.4 Å². The quantitative estimate of drug-likeness (QED) is 0.771. The molecule has 0 spiro atoms. The number of halogens is 1. The summed E-state index contributed by atoms with van der Waals surface area (Å²) in [6, 6.07) is 5.94. The molecule has 0 heterocycles. The fourth-order valence-corrected chi connectivity index (χ4v) is 1.55. The lowest BCUT2D eigenvalue weighted by Crippen LogP contribution is -2.40. The first kappa shape index (κ1) is 16.9. The van der Waals surface area contributed by atoms with Gasteiger partial charge in [0, 0.05) is 6.54 Å². The van der Waals surface area contributed by atoms with Crippen LogP contribution in [0, 0.1) is 11.2 Å². The Balaban J connectivity index is 2.35. The first-order valence-electron chi connectivity index (χ1n) is 6.76. The second-order valence-corrected chi connectivity index (χ2v) is 5.02. The summed E-state index contributed by atoms with van der Waals surface area (Å²) in [5.41, 5.74) is -0.984. The van der Waals surface area contributed by atoms with Crippen LogP contribution in [0.15, 0.2) is 24.3 Å². The van der Waals surface area contributed by atoms with Gasteiger partial charge in [-0.05, 0) is 25.5 Å². The molecule has 0 radical (unpaired) electrons. The molecule has 0 aliphatic carbocycles. The average molecular weight is 297 g/mol. The standard InChI is InChI=1S/C15H20FNO4/c1-3-15(2,14(19)20)10-17-13(18)8-9-21-12-7-5-4-6-11(12)16/h4-7H,3,8-10H2,1-2H3,(H,17,18)(H,19,20). The summed E-state index contributed by atoms with van der Waals surface area (Å²) in [6.45, 7) is 3.41. The van der Waals surface area contributed by atoms with Gasteiger partial charge in [0.2, 0.25) is 5.91 Å². The van der Waals surface area contributed by atoms with Crippen LogP contribution in [-0.4, -0.2) is 30.1 Å². The Bertz CT molecular complexity index is 506. The minimum atomic E-state index is -0.984. The van der Waals surface area contributed by atoms with Crippen molar-refractivity contribution in [2.45, 2.75) is 26.7 Å². The molecule has 5 nitrogen and oxygen atoms in total. The van der Waals surface area contributed by atoms with Crippen molar-refractivity contribution in [3.63, 3.8) is 0 Å². The van der Waals surface area contributed by atoms with E-state index in [4.69, 9.17) is 9.84 Å². The second-order valence-electron chi connectivity index (χ2n) is 5.02. The summed E-state index contributed by atoms with van der Waals surface area (Å²) in [5.74, 6) is -1.67. The predicted octanol–water partition coefficient (Wildman–Crippen LogP) is 2.21. The van der Waals surface area contributed by atoms with Crippen LogP contribution >= 0.6 is 0 Å². The molecule has 1 atom stereocenters. The molecule has 1 unspecified atom stereocenters. The van der Waals surface area contributed by atoms with E-state index in [0.29, 0.717) is 6.42 Å². The maximum atomic E-state index is 13.3. The third kappa shape index (κ3) is 5.06. The molecule has 0 saturated heterocycles. The smallest absolute Gasteiger partial charge is 0.311 e. The zero-order valence-corrected chi connectivity index (χ0v) is 12.2. The number of carbonyl (C=O) groups excluding carboxylic acids is 1. The van der Waals surface area contributed by atoms with E-state index in [1.165, 1.54) is 12.1 Å². The number of carboxylic acid groups (broad SMARTS) is 1. The number of aliphatic carboxylic acids is 1. The van der Waals surface area contributed by atoms with Gasteiger partial charge in [0.1, 0.15) is 0 Å². The molecular weight excluding hydrogens is 277 g/mol. The van der Waals surface area contributed by atoms with Crippen molar-refractivity contribution in [3.8, 4) is 5.75 Å². The number of rotatable bonds is 8. The Morgan fingerprint density at radius 2 is 2.05 bits per heavy atom. The summed E-state index contributed by atoms with van der Waals surface area (Å²) < 4.78 is 18.4. The molecule has 21 heavy (non-hydrogen) atoms. The van der Waals surface area contributed by atoms with Gasteiger partial charge in [-0.25, -0.2) is 4.39 Å². The third-order valence-corrected chi connectivity index (χ3v) is 3.40. The van der Waals surface area contributed by atoms with Crippen LogP contribution in [-0.2, 0) is 9.59 Å². The fraction of sp³-hybridized carbons (Fsp3) is 0.467. The molecule has 1 aromatic carbocycles. The topological polar surface area (TPSA) is 75.6 Å². The maximum absolute atomic E-state index is 13.3. The molecule has 0 aromatic heterocycles. The lowest BCUT2D eigenvalue weighted by Gasteiger charge is -2.23. The van der Waals surface area contributed by atoms with E-state index in [1.807, 2.05) is 0 Å². The van der Waals surface area contributed by atoms with Gasteiger partial charge in [-0.15, -0.1) is 0 Å². The minimum absolute atomic E-state index is 0.0304. The number of benzene rings is 1. The molecule has 2 N–H and O–H groups in total. The number of carboxylic acids is 1. The number of amides is 1. The summed E-state index contributed by atoms with van der Waals surface area (Å²) in [6.07, 6.45) is 0.447. The Hall–Kier alpha value is -2.11. The van der Waals surface area contributed by atoms with Crippen LogP contribution in [0.5, 0.6) is 5.75 Å². The van der Waals surface area contributed by atoms with E-state index in [1.54, 1.807) is 26.0 Å². The van der Waals surface area contributed by atoms with E-state index >= 15 is 0 Å². The van der Waals surface area contributed by atoms with Crippen LogP contribution in [0.4, 0.5) is 4.39 Å². The van der Waals surface area contributed by atoms with Gasteiger partial charge in [-0.2, -0.15) is 0 Å². The van der Waals surface area contributed by atoms with Crippen LogP contribution in [0.3, 0.4) is 0 Å². The molecule has 116 valence electrons. The number of hydrogen-bond donors (Lipinski definition) is 2. The molecule has 6 heteroatoms. The molecule has 0 aliphatic heterocycles. The average Bonchev–Trinajstić information content (AvgIpc) is 2.46. The Morgan fingerprint density at radius 3 is 2.62 bits per heavy atom. The molecule has 0 fully saturated rings. The molecule has 1 aromatic rings. The van der Waals surface area contributed by atoms with E-state index in [2.05, 4.69) is 5.32 Å². The van der Waals surface area contributed by atoms with E-state index in [-0.39, 0.29) is 31.2 Å². The highest BCUT2D eigenvalue weighted by atomic mass is 19.1. The summed E-state index contributed by atoms with van der Waals surface area (Å²) >= 11 is 0. The molecule has 1 rings (SSSR count). The number of hydrogen-bond acceptors (Lipinski definition) is 3. The van der Waals surface area contributed by atoms with Crippen molar-refractivity contribution in [1.82, 2.24) is 5.32 Å². The third-order valence-electron chi connectivity index (χ3n) is 3.40. The van der Waals surface area contributed by atoms with Crippen molar-refractivity contribution in [2.75, 3.05) is 13.2 Å². The van der Waals surface area contributed by atoms with Gasteiger partial charge in [0.25, 0.3) is 0 Å². The van der Waals surface area contributed by atoms with E-state index in [0.717, 1.165) is 0 Å². The number of para-hydroxylation sites is 1. The highest BCUT2D eigenvalue weighted by molar-refractivity contribution is 5.78. The lowest BCUT2D eigenvalue weighted by molar-refractivity contribution is -0.148. The first-order valence-corrected chi connectivity index (χ1v) is 6.76. The van der Waals surface area contributed by atoms with E-state index < -0.39 is 17.2 Å². The van der Waals surface area contributed by atoms with Gasteiger partial charge < -0.3 is 15.2 Å². The minimum Gasteiger partial charge on any atom is -0.490 e. The van der Waals surface area contributed by atoms with Crippen LogP contribution in [0.1, 0.15) is 26.7 Å². The Kier molecular flexibility index (Phi) is 6.14. The monoisotopic (exact) mass is 297 g/mol. The number of nitrogens with one attached hydrogen (secondary N) is 1. The van der Waals surface area contributed by atoms with Gasteiger partial charge in [-0.1, -0.05) is 19.1 Å². The predicted molar refractivity (Wildman–Crippen MR) is 75.6 cm³/mol. The van der Waals surface area contributed by atoms with Crippen LogP contribution < -0.4 is 10.1 Å². The summed E-state index contributed by atoms with van der Waals surface area (Å²) in [5, 5.41) is 11.6. The molecule has 0 aliphatic rings. The molecule has 0 bridgehead atoms. The highest BCUT2D eigenvalue weighted by Gasteiger charge is 2.31. The molecule has 1 amide bonds. The largest absolute Gasteiger partial charge is 0.490 e. The van der Waals surface area contributed by atoms with Crippen molar-refractivity contribution >= 4 is 11.9 Å². The zero-order valence-electron chi connectivity index (χ0n) is 12.2. The van der Waals surface area contributed by atoms with Crippen molar-refractivity contribution in [1.29, 1.82) is 0 Å². The number of ether oxygens (including phenoxy) is 1. The van der Waals surface area contributed by atoms with Crippen LogP contribution in [0.2, 0.25) is 0 Å².